The highest BCUT2D eigenvalue weighted by Crippen LogP contribution is 2.42. The highest BCUT2D eigenvalue weighted by atomic mass is 32.2. The number of benzene rings is 2. The average molecular weight is 532 g/mol. The molecule has 2 aromatic carbocycles. The molecule has 3 heterocycles. The third-order valence-electron chi connectivity index (χ3n) is 6.20. The second kappa shape index (κ2) is 11.1. The van der Waals surface area contributed by atoms with Crippen LogP contribution in [0.3, 0.4) is 0 Å². The first-order valence-corrected chi connectivity index (χ1v) is 12.9. The Balaban J connectivity index is 1.45. The number of rotatable bonds is 9. The van der Waals surface area contributed by atoms with Gasteiger partial charge in [-0.2, -0.15) is 0 Å². The van der Waals surface area contributed by atoms with Crippen molar-refractivity contribution < 1.29 is 9.66 Å². The number of aromatic nitrogens is 2. The lowest BCUT2D eigenvalue weighted by atomic mass is 10.0. The van der Waals surface area contributed by atoms with Crippen molar-refractivity contribution in [3.63, 3.8) is 0 Å². The van der Waals surface area contributed by atoms with Crippen molar-refractivity contribution in [3.05, 3.63) is 113 Å². The van der Waals surface area contributed by atoms with E-state index in [1.165, 1.54) is 12.1 Å². The molecule has 0 saturated carbocycles. The summed E-state index contributed by atoms with van der Waals surface area (Å²) in [5, 5.41) is 15.1. The van der Waals surface area contributed by atoms with Crippen LogP contribution >= 0.6 is 24.0 Å². The first-order valence-electron chi connectivity index (χ1n) is 11.7. The number of pyridine rings is 1. The summed E-state index contributed by atoms with van der Waals surface area (Å²) in [5.41, 5.74) is 3.08. The Bertz CT molecular complexity index is 1380. The van der Waals surface area contributed by atoms with Gasteiger partial charge in [-0.3, -0.25) is 15.1 Å². The van der Waals surface area contributed by atoms with E-state index >= 15 is 0 Å². The Hall–Kier alpha value is -3.73. The molecule has 37 heavy (non-hydrogen) atoms. The van der Waals surface area contributed by atoms with Crippen LogP contribution in [0, 0.1) is 10.1 Å². The molecular formula is C27H25N5O3S2. The third-order valence-corrected chi connectivity index (χ3v) is 7.53. The molecule has 188 valence electrons. The second-order valence-corrected chi connectivity index (χ2v) is 10.00. The normalized spacial score (nSPS) is 17.1. The van der Waals surface area contributed by atoms with E-state index in [9.17, 15) is 10.1 Å². The number of nitro groups is 1. The van der Waals surface area contributed by atoms with Crippen LogP contribution in [0.5, 0.6) is 0 Å². The van der Waals surface area contributed by atoms with Gasteiger partial charge in [-0.1, -0.05) is 17.8 Å². The number of ether oxygens (including phenoxy) is 1. The molecule has 1 aliphatic rings. The number of methoxy groups -OCH3 is 1. The maximum atomic E-state index is 10.9. The minimum Gasteiger partial charge on any atom is -0.383 e. The number of nitrogens with one attached hydrogen (secondary N) is 1. The van der Waals surface area contributed by atoms with E-state index in [1.807, 2.05) is 36.4 Å². The minimum absolute atomic E-state index is 0.0819. The molecule has 5 rings (SSSR count). The van der Waals surface area contributed by atoms with E-state index in [1.54, 1.807) is 37.2 Å². The van der Waals surface area contributed by atoms with Crippen LogP contribution in [0.25, 0.3) is 0 Å². The van der Waals surface area contributed by atoms with Gasteiger partial charge in [0.2, 0.25) is 0 Å². The lowest BCUT2D eigenvalue weighted by molar-refractivity contribution is -0.384. The Morgan fingerprint density at radius 1 is 1.05 bits per heavy atom. The van der Waals surface area contributed by atoms with Crippen molar-refractivity contribution in [2.45, 2.75) is 28.4 Å². The van der Waals surface area contributed by atoms with Gasteiger partial charge in [0.15, 0.2) is 5.11 Å². The monoisotopic (exact) mass is 531 g/mol. The highest BCUT2D eigenvalue weighted by molar-refractivity contribution is 7.99. The van der Waals surface area contributed by atoms with Crippen LogP contribution in [0.15, 0.2) is 101 Å². The third kappa shape index (κ3) is 5.36. The number of nitrogens with zero attached hydrogens (tertiary/aromatic N) is 4. The van der Waals surface area contributed by atoms with E-state index in [4.69, 9.17) is 17.0 Å². The quantitative estimate of drug-likeness (QED) is 0.166. The zero-order chi connectivity index (χ0) is 25.8. The summed E-state index contributed by atoms with van der Waals surface area (Å²) in [6.07, 6.45) is 3.86. The van der Waals surface area contributed by atoms with Crippen LogP contribution in [0.4, 0.5) is 11.4 Å². The first kappa shape index (κ1) is 24.9. The van der Waals surface area contributed by atoms with E-state index in [2.05, 4.69) is 44.2 Å². The van der Waals surface area contributed by atoms with Gasteiger partial charge in [0.25, 0.3) is 5.69 Å². The Morgan fingerprint density at radius 2 is 1.78 bits per heavy atom. The SMILES string of the molecule is COCCn1cccc1[C@H]1[C@H](c2ccccn2)NC(=S)N1c1ccc(Sc2ccc([N+](=O)[O-])cc2)cc1. The zero-order valence-corrected chi connectivity index (χ0v) is 21.7. The van der Waals surface area contributed by atoms with Gasteiger partial charge in [-0.15, -0.1) is 0 Å². The molecule has 0 unspecified atom stereocenters. The molecule has 0 spiro atoms. The lowest BCUT2D eigenvalue weighted by Crippen LogP contribution is -2.30. The maximum Gasteiger partial charge on any atom is 0.269 e. The summed E-state index contributed by atoms with van der Waals surface area (Å²) in [5.74, 6) is 0. The molecule has 4 aromatic rings. The molecule has 2 atom stereocenters. The van der Waals surface area contributed by atoms with Crippen molar-refractivity contribution in [2.75, 3.05) is 18.6 Å². The van der Waals surface area contributed by atoms with Crippen LogP contribution in [0.1, 0.15) is 23.5 Å². The molecule has 8 nitrogen and oxygen atoms in total. The largest absolute Gasteiger partial charge is 0.383 e. The van der Waals surface area contributed by atoms with Gasteiger partial charge >= 0.3 is 0 Å². The maximum absolute atomic E-state index is 10.9. The fourth-order valence-electron chi connectivity index (χ4n) is 4.47. The molecule has 10 heteroatoms. The highest BCUT2D eigenvalue weighted by Gasteiger charge is 2.41. The molecule has 1 N–H and O–H groups in total. The summed E-state index contributed by atoms with van der Waals surface area (Å²) >= 11 is 7.40. The van der Waals surface area contributed by atoms with Gasteiger partial charge in [0.05, 0.1) is 23.3 Å². The lowest BCUT2D eigenvalue weighted by Gasteiger charge is -2.29. The van der Waals surface area contributed by atoms with Crippen molar-refractivity contribution in [3.8, 4) is 0 Å². The Labute approximate surface area is 224 Å². The summed E-state index contributed by atoms with van der Waals surface area (Å²) in [6, 6.07) is 24.6. The summed E-state index contributed by atoms with van der Waals surface area (Å²) < 4.78 is 7.53. The van der Waals surface area contributed by atoms with Crippen LogP contribution < -0.4 is 10.2 Å². The fraction of sp³-hybridized carbons (Fsp3) is 0.185. The summed E-state index contributed by atoms with van der Waals surface area (Å²) in [7, 11) is 1.70. The van der Waals surface area contributed by atoms with Gasteiger partial charge in [-0.05, 0) is 72.9 Å². The zero-order valence-electron chi connectivity index (χ0n) is 20.1. The number of nitro benzene ring substituents is 1. The number of thiocarbonyl (C=S) groups is 1. The van der Waals surface area contributed by atoms with Crippen molar-refractivity contribution in [2.24, 2.45) is 0 Å². The molecule has 2 aromatic heterocycles. The van der Waals surface area contributed by atoms with Crippen LogP contribution in [-0.2, 0) is 11.3 Å². The predicted molar refractivity (Wildman–Crippen MR) is 148 cm³/mol. The molecule has 1 aliphatic heterocycles. The second-order valence-electron chi connectivity index (χ2n) is 8.46. The summed E-state index contributed by atoms with van der Waals surface area (Å²) in [4.78, 5) is 19.3. The van der Waals surface area contributed by atoms with Gasteiger partial charge in [-0.25, -0.2) is 0 Å². The van der Waals surface area contributed by atoms with Crippen LogP contribution in [0.2, 0.25) is 0 Å². The molecule has 1 fully saturated rings. The molecule has 0 amide bonds. The van der Waals surface area contributed by atoms with Crippen molar-refractivity contribution in [1.29, 1.82) is 0 Å². The van der Waals surface area contributed by atoms with Gasteiger partial charge in [0.1, 0.15) is 6.04 Å². The van der Waals surface area contributed by atoms with Gasteiger partial charge in [0, 0.05) is 59.4 Å². The van der Waals surface area contributed by atoms with E-state index < -0.39 is 4.92 Å². The number of hydrogen-bond acceptors (Lipinski definition) is 6. The van der Waals surface area contributed by atoms with Crippen molar-refractivity contribution in [1.82, 2.24) is 14.9 Å². The molecular weight excluding hydrogens is 506 g/mol. The van der Waals surface area contributed by atoms with Gasteiger partial charge < -0.3 is 19.5 Å². The Kier molecular flexibility index (Phi) is 7.50. The average Bonchev–Trinajstić information content (AvgIpc) is 3.52. The molecule has 0 bridgehead atoms. The van der Waals surface area contributed by atoms with E-state index in [0.29, 0.717) is 11.7 Å². The fourth-order valence-corrected chi connectivity index (χ4v) is 5.63. The topological polar surface area (TPSA) is 85.5 Å². The minimum atomic E-state index is -0.392. The smallest absolute Gasteiger partial charge is 0.269 e. The van der Waals surface area contributed by atoms with Crippen molar-refractivity contribution >= 4 is 40.5 Å². The Morgan fingerprint density at radius 3 is 2.43 bits per heavy atom. The number of non-ortho nitro benzene ring substituents is 1. The standard InChI is InChI=1S/C27H25N5O3S2/c1-35-18-17-30-16-4-6-24(30)26-25(23-5-2-3-15-28-23)29-27(36)31(26)19-7-11-21(12-8-19)37-22-13-9-20(10-14-22)32(33)34/h2-16,25-26H,17-18H2,1H3,(H,29,36)/t25-,26-/m0/s1. The first-order chi connectivity index (χ1) is 18.0. The summed E-state index contributed by atoms with van der Waals surface area (Å²) in [6.45, 7) is 1.34. The predicted octanol–water partition coefficient (Wildman–Crippen LogP) is 5.77. The van der Waals surface area contributed by atoms with Crippen LogP contribution in [-0.4, -0.2) is 33.3 Å². The molecule has 0 aliphatic carbocycles. The van der Waals surface area contributed by atoms with E-state index in [-0.39, 0.29) is 17.8 Å². The molecule has 1 saturated heterocycles. The molecule has 0 radical (unpaired) electrons. The number of anilines is 1. The number of hydrogen-bond donors (Lipinski definition) is 1. The van der Waals surface area contributed by atoms with E-state index in [0.717, 1.165) is 33.4 Å².